The van der Waals surface area contributed by atoms with Crippen molar-refractivity contribution in [3.8, 4) is 5.69 Å². The number of carbonyl (C=O) groups excluding carboxylic acids is 1. The summed E-state index contributed by atoms with van der Waals surface area (Å²) < 4.78 is 1.68. The molecule has 0 spiro atoms. The number of thioether (sulfide) groups is 1. The number of para-hydroxylation sites is 1. The van der Waals surface area contributed by atoms with E-state index in [0.717, 1.165) is 24.1 Å². The summed E-state index contributed by atoms with van der Waals surface area (Å²) in [6.07, 6.45) is 6.99. The van der Waals surface area contributed by atoms with Crippen molar-refractivity contribution in [1.29, 1.82) is 0 Å². The van der Waals surface area contributed by atoms with E-state index in [1.807, 2.05) is 60.7 Å². The molecule has 29 heavy (non-hydrogen) atoms. The van der Waals surface area contributed by atoms with E-state index in [4.69, 9.17) is 0 Å². The van der Waals surface area contributed by atoms with Gasteiger partial charge >= 0.3 is 0 Å². The minimum absolute atomic E-state index is 0.0238. The van der Waals surface area contributed by atoms with Crippen LogP contribution in [-0.2, 0) is 4.79 Å². The third-order valence-corrected chi connectivity index (χ3v) is 6.39. The zero-order valence-corrected chi connectivity index (χ0v) is 17.1. The summed E-state index contributed by atoms with van der Waals surface area (Å²) in [5.74, 6) is 0.0238. The highest BCUT2D eigenvalue weighted by Gasteiger charge is 2.27. The Labute approximate surface area is 175 Å². The van der Waals surface area contributed by atoms with Crippen LogP contribution in [0.5, 0.6) is 0 Å². The number of aromatic nitrogens is 4. The molecule has 1 N–H and O–H groups in total. The first-order chi connectivity index (χ1) is 14.3. The van der Waals surface area contributed by atoms with E-state index in [0.29, 0.717) is 5.16 Å². The van der Waals surface area contributed by atoms with Gasteiger partial charge in [-0.05, 0) is 41.0 Å². The second kappa shape index (κ2) is 9.69. The minimum atomic E-state index is -0.409. The van der Waals surface area contributed by atoms with E-state index in [1.165, 1.54) is 37.4 Å². The Bertz CT molecular complexity index is 907. The van der Waals surface area contributed by atoms with Gasteiger partial charge in [-0.2, -0.15) is 4.68 Å². The van der Waals surface area contributed by atoms with Crippen molar-refractivity contribution in [2.45, 2.75) is 55.0 Å². The number of hydrogen-bond donors (Lipinski definition) is 1. The molecule has 0 saturated heterocycles. The normalized spacial score (nSPS) is 16.1. The molecule has 1 amide bonds. The molecule has 6 nitrogen and oxygen atoms in total. The van der Waals surface area contributed by atoms with Crippen molar-refractivity contribution < 1.29 is 4.79 Å². The van der Waals surface area contributed by atoms with Crippen LogP contribution < -0.4 is 5.32 Å². The summed E-state index contributed by atoms with van der Waals surface area (Å²) in [5.41, 5.74) is 1.82. The Kier molecular flexibility index (Phi) is 6.56. The van der Waals surface area contributed by atoms with Crippen molar-refractivity contribution in [3.05, 3.63) is 66.2 Å². The topological polar surface area (TPSA) is 72.7 Å². The molecule has 2 aromatic carbocycles. The summed E-state index contributed by atoms with van der Waals surface area (Å²) in [6, 6.07) is 19.8. The lowest BCUT2D eigenvalue weighted by atomic mass is 10.1. The molecule has 1 fully saturated rings. The molecule has 0 bridgehead atoms. The predicted octanol–water partition coefficient (Wildman–Crippen LogP) is 4.33. The number of rotatable bonds is 6. The largest absolute Gasteiger partial charge is 0.352 e. The number of hydrogen-bond acceptors (Lipinski definition) is 5. The molecule has 1 unspecified atom stereocenters. The number of amides is 1. The summed E-state index contributed by atoms with van der Waals surface area (Å²) in [7, 11) is 0. The Morgan fingerprint density at radius 3 is 2.31 bits per heavy atom. The first-order valence-corrected chi connectivity index (χ1v) is 11.0. The predicted molar refractivity (Wildman–Crippen MR) is 114 cm³/mol. The fourth-order valence-electron chi connectivity index (χ4n) is 3.69. The molecule has 1 aromatic heterocycles. The number of nitrogens with one attached hydrogen (secondary N) is 1. The Hall–Kier alpha value is -2.67. The Balaban J connectivity index is 1.57. The maximum Gasteiger partial charge on any atom is 0.238 e. The van der Waals surface area contributed by atoms with Crippen molar-refractivity contribution in [2.75, 3.05) is 0 Å². The van der Waals surface area contributed by atoms with Crippen LogP contribution in [0.1, 0.15) is 49.3 Å². The molecule has 1 atom stereocenters. The van der Waals surface area contributed by atoms with Crippen LogP contribution in [0.4, 0.5) is 0 Å². The molecule has 0 aliphatic heterocycles. The SMILES string of the molecule is O=C(NC1CCCCCC1)C(Sc1nnnn1-c1ccccc1)c1ccccc1. The molecule has 7 heteroatoms. The van der Waals surface area contributed by atoms with E-state index in [2.05, 4.69) is 20.8 Å². The highest BCUT2D eigenvalue weighted by molar-refractivity contribution is 8.00. The Morgan fingerprint density at radius 2 is 1.62 bits per heavy atom. The van der Waals surface area contributed by atoms with Gasteiger partial charge in [0.2, 0.25) is 11.1 Å². The molecule has 1 heterocycles. The van der Waals surface area contributed by atoms with Gasteiger partial charge in [0, 0.05) is 6.04 Å². The van der Waals surface area contributed by atoms with Crippen molar-refractivity contribution in [2.24, 2.45) is 0 Å². The highest BCUT2D eigenvalue weighted by Crippen LogP contribution is 2.35. The molecule has 1 aliphatic carbocycles. The van der Waals surface area contributed by atoms with Gasteiger partial charge in [0.15, 0.2) is 0 Å². The smallest absolute Gasteiger partial charge is 0.238 e. The molecule has 4 rings (SSSR count). The molecule has 3 aromatic rings. The summed E-state index contributed by atoms with van der Waals surface area (Å²) >= 11 is 1.39. The van der Waals surface area contributed by atoms with E-state index >= 15 is 0 Å². The van der Waals surface area contributed by atoms with Gasteiger partial charge in [0.1, 0.15) is 5.25 Å². The third-order valence-electron chi connectivity index (χ3n) is 5.21. The second-order valence-electron chi connectivity index (χ2n) is 7.31. The highest BCUT2D eigenvalue weighted by atomic mass is 32.2. The second-order valence-corrected chi connectivity index (χ2v) is 8.39. The first-order valence-electron chi connectivity index (χ1n) is 10.2. The van der Waals surface area contributed by atoms with E-state index < -0.39 is 5.25 Å². The lowest BCUT2D eigenvalue weighted by Gasteiger charge is -2.21. The number of carbonyl (C=O) groups is 1. The molecule has 150 valence electrons. The van der Waals surface area contributed by atoms with Crippen LogP contribution in [0.2, 0.25) is 0 Å². The van der Waals surface area contributed by atoms with Crippen LogP contribution >= 0.6 is 11.8 Å². The van der Waals surface area contributed by atoms with Gasteiger partial charge in [-0.3, -0.25) is 4.79 Å². The number of nitrogens with zero attached hydrogens (tertiary/aromatic N) is 4. The molecule has 0 radical (unpaired) electrons. The fraction of sp³-hybridized carbons (Fsp3) is 0.364. The average Bonchev–Trinajstić information content (AvgIpc) is 3.08. The molecule has 1 aliphatic rings. The maximum atomic E-state index is 13.3. The molecule has 1 saturated carbocycles. The lowest BCUT2D eigenvalue weighted by molar-refractivity contribution is -0.121. The summed E-state index contributed by atoms with van der Waals surface area (Å²) in [4.78, 5) is 13.3. The van der Waals surface area contributed by atoms with Crippen LogP contribution in [-0.4, -0.2) is 32.2 Å². The third kappa shape index (κ3) is 5.03. The van der Waals surface area contributed by atoms with Crippen molar-refractivity contribution >= 4 is 17.7 Å². The Morgan fingerprint density at radius 1 is 0.966 bits per heavy atom. The minimum Gasteiger partial charge on any atom is -0.352 e. The summed E-state index contributed by atoms with van der Waals surface area (Å²) in [6.45, 7) is 0. The van der Waals surface area contributed by atoms with Crippen LogP contribution in [0, 0.1) is 0 Å². The zero-order valence-electron chi connectivity index (χ0n) is 16.3. The van der Waals surface area contributed by atoms with Gasteiger partial charge in [0.05, 0.1) is 5.69 Å². The van der Waals surface area contributed by atoms with Gasteiger partial charge < -0.3 is 5.32 Å². The first kappa shape index (κ1) is 19.6. The van der Waals surface area contributed by atoms with Gasteiger partial charge in [-0.15, -0.1) is 5.10 Å². The van der Waals surface area contributed by atoms with Crippen molar-refractivity contribution in [1.82, 2.24) is 25.5 Å². The number of benzene rings is 2. The fourth-order valence-corrected chi connectivity index (χ4v) is 4.69. The standard InChI is InChI=1S/C22H25N5OS/c28-21(23-18-13-7-1-2-8-14-18)20(17-11-5-3-6-12-17)29-22-24-25-26-27(22)19-15-9-4-10-16-19/h3-6,9-12,15-16,18,20H,1-2,7-8,13-14H2,(H,23,28). The van der Waals surface area contributed by atoms with E-state index in [1.54, 1.807) is 4.68 Å². The van der Waals surface area contributed by atoms with Crippen LogP contribution in [0.25, 0.3) is 5.69 Å². The summed E-state index contributed by atoms with van der Waals surface area (Å²) in [5, 5.41) is 15.6. The van der Waals surface area contributed by atoms with Gasteiger partial charge in [-0.25, -0.2) is 0 Å². The van der Waals surface area contributed by atoms with Gasteiger partial charge in [0.25, 0.3) is 0 Å². The maximum absolute atomic E-state index is 13.3. The van der Waals surface area contributed by atoms with Crippen LogP contribution in [0.3, 0.4) is 0 Å². The average molecular weight is 408 g/mol. The van der Waals surface area contributed by atoms with Crippen molar-refractivity contribution in [3.63, 3.8) is 0 Å². The van der Waals surface area contributed by atoms with Gasteiger partial charge in [-0.1, -0.05) is 86.0 Å². The molecular weight excluding hydrogens is 382 g/mol. The monoisotopic (exact) mass is 407 g/mol. The van der Waals surface area contributed by atoms with Crippen LogP contribution in [0.15, 0.2) is 65.8 Å². The lowest BCUT2D eigenvalue weighted by Crippen LogP contribution is -2.37. The quantitative estimate of drug-likeness (QED) is 0.486. The van der Waals surface area contributed by atoms with E-state index in [9.17, 15) is 4.79 Å². The van der Waals surface area contributed by atoms with E-state index in [-0.39, 0.29) is 11.9 Å². The number of tetrazole rings is 1. The molecular formula is C22H25N5OS. The zero-order chi connectivity index (χ0) is 19.9.